The predicted octanol–water partition coefficient (Wildman–Crippen LogP) is 4.50. The molecule has 5 nitrogen and oxygen atoms in total. The van der Waals surface area contributed by atoms with Gasteiger partial charge in [0.25, 0.3) is 11.8 Å². The highest BCUT2D eigenvalue weighted by molar-refractivity contribution is 6.04. The SMILES string of the molecule is CCCCNC(=O)c1ccc(NC(=O)c2ccc(OCC(C)C)cc2)cc1. The number of carbonyl (C=O) groups excluding carboxylic acids is 2. The van der Waals surface area contributed by atoms with Crippen molar-refractivity contribution in [1.82, 2.24) is 5.32 Å². The minimum atomic E-state index is -0.203. The Hall–Kier alpha value is -2.82. The van der Waals surface area contributed by atoms with Gasteiger partial charge in [0, 0.05) is 23.4 Å². The van der Waals surface area contributed by atoms with Crippen LogP contribution in [-0.2, 0) is 0 Å². The number of carbonyl (C=O) groups is 2. The maximum atomic E-state index is 12.4. The molecule has 2 aromatic carbocycles. The summed E-state index contributed by atoms with van der Waals surface area (Å²) < 4.78 is 5.62. The highest BCUT2D eigenvalue weighted by atomic mass is 16.5. The Morgan fingerprint density at radius 1 is 0.926 bits per heavy atom. The van der Waals surface area contributed by atoms with Crippen molar-refractivity contribution in [2.75, 3.05) is 18.5 Å². The molecule has 0 aliphatic rings. The van der Waals surface area contributed by atoms with Gasteiger partial charge in [0.05, 0.1) is 6.61 Å². The third-order valence-electron chi connectivity index (χ3n) is 3.92. The zero-order chi connectivity index (χ0) is 19.6. The van der Waals surface area contributed by atoms with Crippen LogP contribution >= 0.6 is 0 Å². The molecule has 0 aliphatic heterocycles. The van der Waals surface area contributed by atoms with Crippen molar-refractivity contribution in [2.45, 2.75) is 33.6 Å². The van der Waals surface area contributed by atoms with E-state index < -0.39 is 0 Å². The Morgan fingerprint density at radius 3 is 2.11 bits per heavy atom. The van der Waals surface area contributed by atoms with Gasteiger partial charge in [-0.1, -0.05) is 27.2 Å². The van der Waals surface area contributed by atoms with Gasteiger partial charge in [0.15, 0.2) is 0 Å². The molecule has 0 unspecified atom stereocenters. The Kier molecular flexibility index (Phi) is 7.86. The molecule has 0 saturated heterocycles. The lowest BCUT2D eigenvalue weighted by Gasteiger charge is -2.10. The average molecular weight is 368 g/mol. The first-order chi connectivity index (χ1) is 13.0. The van der Waals surface area contributed by atoms with E-state index in [9.17, 15) is 9.59 Å². The number of nitrogens with one attached hydrogen (secondary N) is 2. The molecule has 2 rings (SSSR count). The summed E-state index contributed by atoms with van der Waals surface area (Å²) in [5, 5.41) is 5.71. The summed E-state index contributed by atoms with van der Waals surface area (Å²) in [6.07, 6.45) is 2.00. The zero-order valence-electron chi connectivity index (χ0n) is 16.2. The molecule has 0 aliphatic carbocycles. The second-order valence-corrected chi connectivity index (χ2v) is 6.87. The van der Waals surface area contributed by atoms with Crippen molar-refractivity contribution in [3.63, 3.8) is 0 Å². The first kappa shape index (κ1) is 20.5. The molecule has 0 saturated carbocycles. The van der Waals surface area contributed by atoms with Gasteiger partial charge in [-0.2, -0.15) is 0 Å². The van der Waals surface area contributed by atoms with Gasteiger partial charge in [0.1, 0.15) is 5.75 Å². The Morgan fingerprint density at radius 2 is 1.52 bits per heavy atom. The van der Waals surface area contributed by atoms with Gasteiger partial charge in [-0.3, -0.25) is 9.59 Å². The molecule has 144 valence electrons. The zero-order valence-corrected chi connectivity index (χ0v) is 16.2. The lowest BCUT2D eigenvalue weighted by Crippen LogP contribution is -2.24. The lowest BCUT2D eigenvalue weighted by molar-refractivity contribution is 0.0952. The molecule has 0 fully saturated rings. The fraction of sp³-hybridized carbons (Fsp3) is 0.364. The van der Waals surface area contributed by atoms with Gasteiger partial charge in [0.2, 0.25) is 0 Å². The Labute approximate surface area is 161 Å². The van der Waals surface area contributed by atoms with Crippen LogP contribution in [0.5, 0.6) is 5.75 Å². The molecule has 2 aromatic rings. The van der Waals surface area contributed by atoms with E-state index in [1.54, 1.807) is 48.5 Å². The lowest BCUT2D eigenvalue weighted by atomic mass is 10.1. The van der Waals surface area contributed by atoms with Gasteiger partial charge in [-0.05, 0) is 60.9 Å². The fourth-order valence-electron chi connectivity index (χ4n) is 2.35. The number of hydrogen-bond donors (Lipinski definition) is 2. The number of ether oxygens (including phenoxy) is 1. The van der Waals surface area contributed by atoms with E-state index >= 15 is 0 Å². The second kappa shape index (κ2) is 10.4. The highest BCUT2D eigenvalue weighted by Crippen LogP contribution is 2.16. The summed E-state index contributed by atoms with van der Waals surface area (Å²) in [6, 6.07) is 13.9. The smallest absolute Gasteiger partial charge is 0.255 e. The van der Waals surface area contributed by atoms with Gasteiger partial charge < -0.3 is 15.4 Å². The summed E-state index contributed by atoms with van der Waals surface area (Å²) >= 11 is 0. The number of amides is 2. The largest absolute Gasteiger partial charge is 0.493 e. The van der Waals surface area contributed by atoms with Gasteiger partial charge in [-0.25, -0.2) is 0 Å². The van der Waals surface area contributed by atoms with Crippen LogP contribution in [0.4, 0.5) is 5.69 Å². The molecule has 27 heavy (non-hydrogen) atoms. The van der Waals surface area contributed by atoms with Crippen molar-refractivity contribution in [1.29, 1.82) is 0 Å². The van der Waals surface area contributed by atoms with E-state index in [0.717, 1.165) is 18.6 Å². The van der Waals surface area contributed by atoms with Crippen LogP contribution in [0, 0.1) is 5.92 Å². The minimum absolute atomic E-state index is 0.0988. The maximum absolute atomic E-state index is 12.4. The number of benzene rings is 2. The molecule has 0 bridgehead atoms. The minimum Gasteiger partial charge on any atom is -0.493 e. The summed E-state index contributed by atoms with van der Waals surface area (Å²) in [7, 11) is 0. The van der Waals surface area contributed by atoms with Crippen LogP contribution in [0.3, 0.4) is 0 Å². The number of rotatable bonds is 9. The van der Waals surface area contributed by atoms with E-state index in [2.05, 4.69) is 31.4 Å². The van der Waals surface area contributed by atoms with E-state index in [0.29, 0.717) is 35.9 Å². The maximum Gasteiger partial charge on any atom is 0.255 e. The topological polar surface area (TPSA) is 67.4 Å². The van der Waals surface area contributed by atoms with E-state index in [1.165, 1.54) is 0 Å². The Bertz CT molecular complexity index is 737. The normalized spacial score (nSPS) is 10.5. The number of anilines is 1. The summed E-state index contributed by atoms with van der Waals surface area (Å²) in [5.74, 6) is 0.896. The summed E-state index contributed by atoms with van der Waals surface area (Å²) in [4.78, 5) is 24.3. The van der Waals surface area contributed by atoms with Crippen LogP contribution in [0.2, 0.25) is 0 Å². The van der Waals surface area contributed by atoms with Crippen molar-refractivity contribution < 1.29 is 14.3 Å². The van der Waals surface area contributed by atoms with Crippen LogP contribution < -0.4 is 15.4 Å². The Balaban J connectivity index is 1.90. The average Bonchev–Trinajstić information content (AvgIpc) is 2.67. The molecule has 0 spiro atoms. The molecular weight excluding hydrogens is 340 g/mol. The first-order valence-corrected chi connectivity index (χ1v) is 9.42. The monoisotopic (exact) mass is 368 g/mol. The quantitative estimate of drug-likeness (QED) is 0.640. The van der Waals surface area contributed by atoms with E-state index in [4.69, 9.17) is 4.74 Å². The molecule has 0 radical (unpaired) electrons. The summed E-state index contributed by atoms with van der Waals surface area (Å²) in [6.45, 7) is 7.56. The summed E-state index contributed by atoms with van der Waals surface area (Å²) in [5.41, 5.74) is 1.77. The van der Waals surface area contributed by atoms with Crippen molar-refractivity contribution in [3.8, 4) is 5.75 Å². The number of unbranched alkanes of at least 4 members (excludes halogenated alkanes) is 1. The third kappa shape index (κ3) is 6.77. The first-order valence-electron chi connectivity index (χ1n) is 9.42. The van der Waals surface area contributed by atoms with Crippen LogP contribution in [0.15, 0.2) is 48.5 Å². The van der Waals surface area contributed by atoms with Gasteiger partial charge in [-0.15, -0.1) is 0 Å². The van der Waals surface area contributed by atoms with E-state index in [-0.39, 0.29) is 11.8 Å². The van der Waals surface area contributed by atoms with Crippen LogP contribution in [-0.4, -0.2) is 25.0 Å². The molecule has 2 N–H and O–H groups in total. The molecule has 2 amide bonds. The van der Waals surface area contributed by atoms with Crippen molar-refractivity contribution >= 4 is 17.5 Å². The molecule has 0 atom stereocenters. The van der Waals surface area contributed by atoms with Crippen LogP contribution in [0.25, 0.3) is 0 Å². The predicted molar refractivity (Wildman–Crippen MR) is 108 cm³/mol. The molecule has 0 heterocycles. The van der Waals surface area contributed by atoms with E-state index in [1.807, 2.05) is 0 Å². The standard InChI is InChI=1S/C22H28N2O3/c1-4-5-14-23-21(25)17-6-10-19(11-7-17)24-22(26)18-8-12-20(13-9-18)27-15-16(2)3/h6-13,16H,4-5,14-15H2,1-3H3,(H,23,25)(H,24,26). The third-order valence-corrected chi connectivity index (χ3v) is 3.92. The van der Waals surface area contributed by atoms with Gasteiger partial charge >= 0.3 is 0 Å². The molecule has 0 aromatic heterocycles. The van der Waals surface area contributed by atoms with Crippen molar-refractivity contribution in [2.24, 2.45) is 5.92 Å². The second-order valence-electron chi connectivity index (χ2n) is 6.87. The highest BCUT2D eigenvalue weighted by Gasteiger charge is 2.08. The van der Waals surface area contributed by atoms with Crippen LogP contribution in [0.1, 0.15) is 54.3 Å². The fourth-order valence-corrected chi connectivity index (χ4v) is 2.35. The number of hydrogen-bond acceptors (Lipinski definition) is 3. The van der Waals surface area contributed by atoms with Crippen molar-refractivity contribution in [3.05, 3.63) is 59.7 Å². The molecular formula is C22H28N2O3. The molecule has 5 heteroatoms.